The molecule has 43 heavy (non-hydrogen) atoms. The first-order valence-electron chi connectivity index (χ1n) is 13.8. The molecule has 3 atom stereocenters. The van der Waals surface area contributed by atoms with Gasteiger partial charge in [0.25, 0.3) is 11.8 Å². The number of fused-ring (bicyclic) bond motifs is 1. The van der Waals surface area contributed by atoms with Crippen molar-refractivity contribution in [2.24, 2.45) is 5.41 Å². The molecule has 0 aliphatic carbocycles. The molecule has 1 aliphatic heterocycles. The fourth-order valence-corrected chi connectivity index (χ4v) is 5.59. The second-order valence-corrected chi connectivity index (χ2v) is 10.6. The van der Waals surface area contributed by atoms with Gasteiger partial charge in [0.1, 0.15) is 11.5 Å². The maximum atomic E-state index is 14.2. The number of aryl methyl sites for hydroxylation is 1. The number of halogens is 3. The van der Waals surface area contributed by atoms with E-state index in [0.717, 1.165) is 5.56 Å². The first kappa shape index (κ1) is 29.7. The molecule has 14 heteroatoms. The number of rotatable bonds is 10. The lowest BCUT2D eigenvalue weighted by Crippen LogP contribution is -2.59. The summed E-state index contributed by atoms with van der Waals surface area (Å²) in [6, 6.07) is 9.80. The number of benzene rings is 1. The Balaban J connectivity index is 1.52. The molecule has 4 aromatic rings. The van der Waals surface area contributed by atoms with Crippen LogP contribution in [0.2, 0.25) is 0 Å². The van der Waals surface area contributed by atoms with Gasteiger partial charge in [0.15, 0.2) is 11.1 Å². The fourth-order valence-electron chi connectivity index (χ4n) is 5.59. The summed E-state index contributed by atoms with van der Waals surface area (Å²) in [5.74, 6) is -7.21. The Morgan fingerprint density at radius 2 is 1.88 bits per heavy atom. The molecule has 1 saturated heterocycles. The highest BCUT2D eigenvalue weighted by Gasteiger charge is 2.56. The Morgan fingerprint density at radius 3 is 2.56 bits per heavy atom. The number of piperidine rings is 1. The Hall–Kier alpha value is -4.75. The molecule has 1 aromatic carbocycles. The minimum Gasteiger partial charge on any atom is -0.480 e. The Kier molecular flexibility index (Phi) is 7.95. The van der Waals surface area contributed by atoms with Gasteiger partial charge in [-0.2, -0.15) is 10.2 Å². The van der Waals surface area contributed by atoms with Crippen molar-refractivity contribution in [1.82, 2.24) is 35.0 Å². The van der Waals surface area contributed by atoms with Gasteiger partial charge in [-0.05, 0) is 49.2 Å². The monoisotopic (exact) mass is 597 g/mol. The molecule has 1 fully saturated rings. The molecule has 0 spiro atoms. The van der Waals surface area contributed by atoms with Crippen molar-refractivity contribution in [3.05, 3.63) is 83.3 Å². The zero-order chi connectivity index (χ0) is 30.9. The van der Waals surface area contributed by atoms with Crippen LogP contribution >= 0.6 is 0 Å². The van der Waals surface area contributed by atoms with Gasteiger partial charge in [-0.3, -0.25) is 19.1 Å². The van der Waals surface area contributed by atoms with Crippen LogP contribution in [0.25, 0.3) is 5.65 Å². The smallest absolute Gasteiger partial charge is 0.319 e. The summed E-state index contributed by atoms with van der Waals surface area (Å²) in [5, 5.41) is 23.5. The lowest BCUT2D eigenvalue weighted by molar-refractivity contribution is -0.169. The zero-order valence-electron chi connectivity index (χ0n) is 23.4. The summed E-state index contributed by atoms with van der Waals surface area (Å²) < 4.78 is 45.1. The first-order chi connectivity index (χ1) is 20.5. The van der Waals surface area contributed by atoms with Gasteiger partial charge in [-0.15, -0.1) is 0 Å². The van der Waals surface area contributed by atoms with Crippen molar-refractivity contribution >= 4 is 23.4 Å². The van der Waals surface area contributed by atoms with E-state index in [1.54, 1.807) is 29.1 Å². The van der Waals surface area contributed by atoms with E-state index in [4.69, 9.17) is 0 Å². The lowest BCUT2D eigenvalue weighted by atomic mass is 9.74. The highest BCUT2D eigenvalue weighted by Crippen LogP contribution is 2.39. The van der Waals surface area contributed by atoms with Gasteiger partial charge in [-0.25, -0.2) is 22.7 Å². The summed E-state index contributed by atoms with van der Waals surface area (Å²) in [4.78, 5) is 42.8. The Morgan fingerprint density at radius 1 is 1.14 bits per heavy atom. The molecule has 0 bridgehead atoms. The minimum atomic E-state index is -3.40. The number of hydrogen-bond acceptors (Lipinski definition) is 6. The van der Waals surface area contributed by atoms with Crippen molar-refractivity contribution in [3.63, 3.8) is 0 Å². The third kappa shape index (κ3) is 5.81. The van der Waals surface area contributed by atoms with Gasteiger partial charge in [-0.1, -0.05) is 19.1 Å². The maximum absolute atomic E-state index is 14.2. The van der Waals surface area contributed by atoms with Crippen LogP contribution in [0.15, 0.2) is 54.9 Å². The number of carbonyl (C=O) groups excluding carboxylic acids is 2. The van der Waals surface area contributed by atoms with E-state index in [9.17, 15) is 32.7 Å². The number of imidazole rings is 1. The van der Waals surface area contributed by atoms with Crippen LogP contribution in [-0.4, -0.2) is 59.7 Å². The molecular formula is C29H30F3N7O4. The largest absolute Gasteiger partial charge is 0.480 e. The van der Waals surface area contributed by atoms with Crippen molar-refractivity contribution in [2.45, 2.75) is 57.5 Å². The number of aromatic nitrogens is 5. The lowest BCUT2D eigenvalue weighted by Gasteiger charge is -2.36. The number of hydrogen-bond donors (Lipinski definition) is 3. The Labute approximate surface area is 244 Å². The van der Waals surface area contributed by atoms with Crippen molar-refractivity contribution in [1.29, 1.82) is 0 Å². The standard InChI is InChI=1S/C29H30F3N7O4/c1-3-20(17-5-7-18(30)8-6-17)24(36-25(40)22-11-12-34-38(22)4-2)21-14-39-23(35-21)10-9-19(37-39)13-28(27(42)43)15-29(31,32)16-33-26(28)41/h5-12,14,20,24H,3-4,13,15-16H2,1-2H3,(H,33,41)(H,36,40)(H,42,43)/t20-,24?,28?/m0/s1. The molecule has 5 rings (SSSR count). The first-order valence-corrected chi connectivity index (χ1v) is 13.8. The van der Waals surface area contributed by atoms with Crippen LogP contribution in [-0.2, 0) is 22.6 Å². The third-order valence-corrected chi connectivity index (χ3v) is 7.78. The second kappa shape index (κ2) is 11.5. The quantitative estimate of drug-likeness (QED) is 0.237. The van der Waals surface area contributed by atoms with E-state index < -0.39 is 60.4 Å². The predicted octanol–water partition coefficient (Wildman–Crippen LogP) is 3.52. The number of aliphatic carboxylic acids is 1. The fraction of sp³-hybridized carbons (Fsp3) is 0.379. The van der Waals surface area contributed by atoms with Crippen molar-refractivity contribution in [3.8, 4) is 0 Å². The summed E-state index contributed by atoms with van der Waals surface area (Å²) in [7, 11) is 0. The molecule has 2 amide bonds. The third-order valence-electron chi connectivity index (χ3n) is 7.78. The number of amides is 2. The van der Waals surface area contributed by atoms with E-state index >= 15 is 0 Å². The number of carboxylic acid groups (broad SMARTS) is 1. The second-order valence-electron chi connectivity index (χ2n) is 10.6. The molecule has 11 nitrogen and oxygen atoms in total. The van der Waals surface area contributed by atoms with Gasteiger partial charge in [0.2, 0.25) is 5.91 Å². The van der Waals surface area contributed by atoms with Crippen LogP contribution in [0.4, 0.5) is 13.2 Å². The van der Waals surface area contributed by atoms with Crippen molar-refractivity contribution < 1.29 is 32.7 Å². The molecular weight excluding hydrogens is 567 g/mol. The van der Waals surface area contributed by atoms with E-state index in [0.29, 0.717) is 30.0 Å². The summed E-state index contributed by atoms with van der Waals surface area (Å²) >= 11 is 0. The van der Waals surface area contributed by atoms with Crippen LogP contribution in [0.3, 0.4) is 0 Å². The average molecular weight is 598 g/mol. The topological polar surface area (TPSA) is 144 Å². The van der Waals surface area contributed by atoms with Crippen LogP contribution in [0.1, 0.15) is 66.1 Å². The average Bonchev–Trinajstić information content (AvgIpc) is 3.62. The van der Waals surface area contributed by atoms with Crippen molar-refractivity contribution in [2.75, 3.05) is 6.54 Å². The van der Waals surface area contributed by atoms with Gasteiger partial charge < -0.3 is 15.7 Å². The molecule has 0 radical (unpaired) electrons. The van der Waals surface area contributed by atoms with E-state index in [2.05, 4.69) is 20.5 Å². The molecule has 2 unspecified atom stereocenters. The van der Waals surface area contributed by atoms with Gasteiger partial charge in [0, 0.05) is 31.5 Å². The normalized spacial score (nSPS) is 19.5. The predicted molar refractivity (Wildman–Crippen MR) is 147 cm³/mol. The SMILES string of the molecule is CC[C@@H](c1ccc(F)cc1)C(NC(=O)c1ccnn1CC)c1cn2nc(CC3(C(=O)O)CC(F)(F)CNC3=O)ccc2n1. The van der Waals surface area contributed by atoms with E-state index in [-0.39, 0.29) is 11.6 Å². The van der Waals surface area contributed by atoms with Crippen LogP contribution in [0.5, 0.6) is 0 Å². The number of nitrogens with one attached hydrogen (secondary N) is 2. The van der Waals surface area contributed by atoms with E-state index in [1.807, 2.05) is 19.2 Å². The van der Waals surface area contributed by atoms with Crippen LogP contribution < -0.4 is 10.6 Å². The highest BCUT2D eigenvalue weighted by molar-refractivity contribution is 6.03. The number of nitrogens with zero attached hydrogens (tertiary/aromatic N) is 5. The zero-order valence-corrected chi connectivity index (χ0v) is 23.4. The molecule has 4 heterocycles. The van der Waals surface area contributed by atoms with Gasteiger partial charge >= 0.3 is 5.97 Å². The van der Waals surface area contributed by atoms with Crippen LogP contribution in [0, 0.1) is 11.2 Å². The molecule has 3 aromatic heterocycles. The molecule has 0 saturated carbocycles. The van der Waals surface area contributed by atoms with Gasteiger partial charge in [0.05, 0.1) is 30.2 Å². The summed E-state index contributed by atoms with van der Waals surface area (Å²) in [6.45, 7) is 3.31. The molecule has 1 aliphatic rings. The number of carboxylic acids is 1. The Bertz CT molecular complexity index is 1670. The number of carbonyl (C=O) groups is 3. The summed E-state index contributed by atoms with van der Waals surface area (Å²) in [5.41, 5.74) is -0.464. The minimum absolute atomic E-state index is 0.0877. The molecule has 226 valence electrons. The maximum Gasteiger partial charge on any atom is 0.319 e. The van der Waals surface area contributed by atoms with E-state index in [1.165, 1.54) is 35.0 Å². The summed E-state index contributed by atoms with van der Waals surface area (Å²) in [6.07, 6.45) is 1.89. The highest BCUT2D eigenvalue weighted by atomic mass is 19.3. The molecule has 3 N–H and O–H groups in total. The number of alkyl halides is 2.